The summed E-state index contributed by atoms with van der Waals surface area (Å²) >= 11 is 2.52. The summed E-state index contributed by atoms with van der Waals surface area (Å²) in [7, 11) is 0. The minimum absolute atomic E-state index is 0.701. The van der Waals surface area contributed by atoms with Gasteiger partial charge in [-0.25, -0.2) is 0 Å². The summed E-state index contributed by atoms with van der Waals surface area (Å²) in [5, 5.41) is 0. The fraction of sp³-hybridized carbons (Fsp3) is 0.400. The van der Waals surface area contributed by atoms with Crippen molar-refractivity contribution in [1.29, 1.82) is 0 Å². The predicted molar refractivity (Wildman–Crippen MR) is 60.6 cm³/mol. The van der Waals surface area contributed by atoms with Crippen molar-refractivity contribution >= 4 is 28.3 Å². The minimum Gasteiger partial charge on any atom is -0.399 e. The van der Waals surface area contributed by atoms with Gasteiger partial charge in [0.25, 0.3) is 0 Å². The Balaban J connectivity index is 2.46. The molecule has 1 nitrogen and oxygen atoms in total. The lowest BCUT2D eigenvalue weighted by atomic mass is 9.91. The van der Waals surface area contributed by atoms with Gasteiger partial charge in [0, 0.05) is 9.61 Å². The van der Waals surface area contributed by atoms with Crippen LogP contribution in [0.1, 0.15) is 27.9 Å². The second-order valence-corrected chi connectivity index (χ2v) is 4.82. The van der Waals surface area contributed by atoms with Crippen molar-refractivity contribution in [2.45, 2.75) is 23.2 Å². The summed E-state index contributed by atoms with van der Waals surface area (Å²) in [5.41, 5.74) is 9.58. The number of hydrogen-bond donors (Lipinski definition) is 1. The molecule has 1 aliphatic carbocycles. The van der Waals surface area contributed by atoms with Gasteiger partial charge in [0.05, 0.1) is 0 Å². The summed E-state index contributed by atoms with van der Waals surface area (Å²) in [6, 6.07) is 6.32. The predicted octanol–water partition coefficient (Wildman–Crippen LogP) is 3.08. The van der Waals surface area contributed by atoms with Gasteiger partial charge in [-0.05, 0) is 42.5 Å². The summed E-state index contributed by atoms with van der Waals surface area (Å²) in [4.78, 5) is 0. The molecule has 1 aromatic carbocycles. The van der Waals surface area contributed by atoms with E-state index < -0.39 is 0 Å². The van der Waals surface area contributed by atoms with Crippen LogP contribution in [0.15, 0.2) is 18.2 Å². The van der Waals surface area contributed by atoms with Crippen molar-refractivity contribution in [3.8, 4) is 0 Å². The smallest absolute Gasteiger partial charge is 0.0362 e. The van der Waals surface area contributed by atoms with Gasteiger partial charge in [0.15, 0.2) is 0 Å². The number of nitrogens with two attached hydrogens (primary N) is 1. The number of benzene rings is 1. The highest BCUT2D eigenvalue weighted by Crippen LogP contribution is 2.36. The van der Waals surface area contributed by atoms with E-state index in [1.807, 2.05) is 6.07 Å². The molecule has 0 saturated carbocycles. The minimum atomic E-state index is 0.701. The fourth-order valence-electron chi connectivity index (χ4n) is 1.77. The highest BCUT2D eigenvalue weighted by Gasteiger charge is 2.16. The third-order valence-electron chi connectivity index (χ3n) is 2.41. The Morgan fingerprint density at radius 1 is 1.42 bits per heavy atom. The van der Waals surface area contributed by atoms with E-state index in [-0.39, 0.29) is 0 Å². The molecule has 1 aromatic rings. The molecule has 0 fully saturated rings. The van der Waals surface area contributed by atoms with Crippen LogP contribution < -0.4 is 5.73 Å². The molecule has 1 atom stereocenters. The van der Waals surface area contributed by atoms with Gasteiger partial charge < -0.3 is 5.73 Å². The molecule has 12 heavy (non-hydrogen) atoms. The fourth-order valence-corrected chi connectivity index (χ4v) is 2.82. The normalized spacial score (nSPS) is 21.9. The lowest BCUT2D eigenvalue weighted by Crippen LogP contribution is -2.05. The molecule has 0 aromatic heterocycles. The van der Waals surface area contributed by atoms with Crippen LogP contribution in [-0.2, 0) is 6.42 Å². The molecule has 0 aliphatic heterocycles. The van der Waals surface area contributed by atoms with Gasteiger partial charge in [0.1, 0.15) is 0 Å². The van der Waals surface area contributed by atoms with Gasteiger partial charge in [-0.3, -0.25) is 0 Å². The molecular formula is C10H12IN. The van der Waals surface area contributed by atoms with Crippen molar-refractivity contribution < 1.29 is 0 Å². The van der Waals surface area contributed by atoms with E-state index in [1.165, 1.54) is 30.4 Å². The summed E-state index contributed by atoms with van der Waals surface area (Å²) in [5.74, 6) is 0. The molecular weight excluding hydrogens is 261 g/mol. The standard InChI is InChI=1S/C10H12IN/c11-10-3-1-2-7-6-8(12)4-5-9(7)10/h4-6,10H,1-3,12H2. The maximum absolute atomic E-state index is 5.72. The summed E-state index contributed by atoms with van der Waals surface area (Å²) in [6.07, 6.45) is 3.83. The molecule has 2 rings (SSSR count). The molecule has 0 amide bonds. The highest BCUT2D eigenvalue weighted by atomic mass is 127. The molecule has 2 N–H and O–H groups in total. The quantitative estimate of drug-likeness (QED) is 0.439. The van der Waals surface area contributed by atoms with E-state index in [9.17, 15) is 0 Å². The molecule has 0 radical (unpaired) electrons. The number of nitrogen functional groups attached to an aromatic ring is 1. The van der Waals surface area contributed by atoms with Crippen molar-refractivity contribution in [2.75, 3.05) is 5.73 Å². The molecule has 2 heteroatoms. The lowest BCUT2D eigenvalue weighted by molar-refractivity contribution is 0.689. The van der Waals surface area contributed by atoms with Crippen LogP contribution in [0.2, 0.25) is 0 Å². The Morgan fingerprint density at radius 2 is 2.25 bits per heavy atom. The van der Waals surface area contributed by atoms with Crippen molar-refractivity contribution in [3.05, 3.63) is 29.3 Å². The van der Waals surface area contributed by atoms with Gasteiger partial charge in [-0.2, -0.15) is 0 Å². The second kappa shape index (κ2) is 3.24. The van der Waals surface area contributed by atoms with Crippen LogP contribution in [0, 0.1) is 0 Å². The number of fused-ring (bicyclic) bond motifs is 1. The van der Waals surface area contributed by atoms with Crippen LogP contribution in [0.25, 0.3) is 0 Å². The number of halogens is 1. The second-order valence-electron chi connectivity index (χ2n) is 3.32. The van der Waals surface area contributed by atoms with E-state index >= 15 is 0 Å². The first kappa shape index (κ1) is 8.35. The zero-order valence-electron chi connectivity index (χ0n) is 6.89. The van der Waals surface area contributed by atoms with Gasteiger partial charge in [0.2, 0.25) is 0 Å². The molecule has 64 valence electrons. The van der Waals surface area contributed by atoms with Crippen LogP contribution in [0.3, 0.4) is 0 Å². The van der Waals surface area contributed by atoms with Crippen molar-refractivity contribution in [1.82, 2.24) is 0 Å². The Morgan fingerprint density at radius 3 is 3.08 bits per heavy atom. The van der Waals surface area contributed by atoms with Gasteiger partial charge >= 0.3 is 0 Å². The number of hydrogen-bond acceptors (Lipinski definition) is 1. The molecule has 0 spiro atoms. The molecule has 1 unspecified atom stereocenters. The maximum Gasteiger partial charge on any atom is 0.0362 e. The molecule has 0 bridgehead atoms. The molecule has 0 heterocycles. The zero-order chi connectivity index (χ0) is 8.55. The van der Waals surface area contributed by atoms with E-state index in [1.54, 1.807) is 0 Å². The van der Waals surface area contributed by atoms with Gasteiger partial charge in [-0.15, -0.1) is 0 Å². The largest absolute Gasteiger partial charge is 0.399 e. The number of alkyl halides is 1. The molecule has 1 aliphatic rings. The van der Waals surface area contributed by atoms with Gasteiger partial charge in [-0.1, -0.05) is 28.7 Å². The van der Waals surface area contributed by atoms with Crippen LogP contribution in [-0.4, -0.2) is 0 Å². The summed E-state index contributed by atoms with van der Waals surface area (Å²) < 4.78 is 0.701. The van der Waals surface area contributed by atoms with E-state index in [0.29, 0.717) is 3.92 Å². The Bertz CT molecular complexity index is 296. The first-order valence-electron chi connectivity index (χ1n) is 4.30. The summed E-state index contributed by atoms with van der Waals surface area (Å²) in [6.45, 7) is 0. The lowest BCUT2D eigenvalue weighted by Gasteiger charge is -2.20. The van der Waals surface area contributed by atoms with Crippen LogP contribution in [0.5, 0.6) is 0 Å². The maximum atomic E-state index is 5.72. The van der Waals surface area contributed by atoms with E-state index in [4.69, 9.17) is 5.73 Å². The third-order valence-corrected chi connectivity index (χ3v) is 3.70. The first-order valence-corrected chi connectivity index (χ1v) is 5.54. The topological polar surface area (TPSA) is 26.0 Å². The number of anilines is 1. The average molecular weight is 273 g/mol. The van der Waals surface area contributed by atoms with Crippen molar-refractivity contribution in [2.24, 2.45) is 0 Å². The number of rotatable bonds is 0. The first-order chi connectivity index (χ1) is 5.77. The van der Waals surface area contributed by atoms with Crippen LogP contribution >= 0.6 is 22.6 Å². The van der Waals surface area contributed by atoms with Crippen LogP contribution in [0.4, 0.5) is 5.69 Å². The SMILES string of the molecule is Nc1ccc2c(c1)CCCC2I. The highest BCUT2D eigenvalue weighted by molar-refractivity contribution is 14.1. The van der Waals surface area contributed by atoms with E-state index in [2.05, 4.69) is 34.7 Å². The average Bonchev–Trinajstić information content (AvgIpc) is 2.04. The van der Waals surface area contributed by atoms with Crippen molar-refractivity contribution in [3.63, 3.8) is 0 Å². The monoisotopic (exact) mass is 273 g/mol. The third kappa shape index (κ3) is 1.44. The Labute approximate surface area is 86.5 Å². The molecule has 0 saturated heterocycles. The Hall–Kier alpha value is -0.250. The number of aryl methyl sites for hydroxylation is 1. The van der Waals surface area contributed by atoms with E-state index in [0.717, 1.165) is 5.69 Å². The zero-order valence-corrected chi connectivity index (χ0v) is 9.04. The Kier molecular flexibility index (Phi) is 2.26.